The third-order valence-corrected chi connectivity index (χ3v) is 4.12. The van der Waals surface area contributed by atoms with Gasteiger partial charge in [0.15, 0.2) is 16.2 Å². The Labute approximate surface area is 84.0 Å². The highest BCUT2D eigenvalue weighted by molar-refractivity contribution is 6.31. The average Bonchev–Trinajstić information content (AvgIpc) is 2.12. The first-order chi connectivity index (χ1) is 6.29. The van der Waals surface area contributed by atoms with Crippen molar-refractivity contribution in [3.8, 4) is 0 Å². The summed E-state index contributed by atoms with van der Waals surface area (Å²) in [6, 6.07) is 0. The number of rotatable bonds is 6. The SMILES string of the molecule is CCCCOC1N(C)[SiH2]N1CCC. The van der Waals surface area contributed by atoms with Gasteiger partial charge in [0.1, 0.15) is 0 Å². The number of nitrogens with zero attached hydrogens (tertiary/aromatic N) is 2. The van der Waals surface area contributed by atoms with Crippen molar-refractivity contribution in [3.63, 3.8) is 0 Å². The molecule has 0 radical (unpaired) electrons. The third kappa shape index (κ3) is 3.05. The van der Waals surface area contributed by atoms with Gasteiger partial charge in [0.2, 0.25) is 0 Å². The Morgan fingerprint density at radius 2 is 2.08 bits per heavy atom. The summed E-state index contributed by atoms with van der Waals surface area (Å²) in [5.41, 5.74) is 0. The molecule has 4 heteroatoms. The molecule has 1 rings (SSSR count). The van der Waals surface area contributed by atoms with Crippen LogP contribution in [0.15, 0.2) is 0 Å². The van der Waals surface area contributed by atoms with E-state index in [9.17, 15) is 0 Å². The van der Waals surface area contributed by atoms with Gasteiger partial charge in [-0.1, -0.05) is 20.3 Å². The fraction of sp³-hybridized carbons (Fsp3) is 1.00. The lowest BCUT2D eigenvalue weighted by atomic mass is 10.4. The van der Waals surface area contributed by atoms with Gasteiger partial charge in [-0.05, 0) is 26.4 Å². The summed E-state index contributed by atoms with van der Waals surface area (Å²) in [6.45, 7) is 6.57. The first-order valence-electron chi connectivity index (χ1n) is 5.35. The van der Waals surface area contributed by atoms with E-state index in [1.807, 2.05) is 0 Å². The Balaban J connectivity index is 2.14. The molecule has 1 saturated heterocycles. The first kappa shape index (κ1) is 11.2. The average molecular weight is 202 g/mol. The van der Waals surface area contributed by atoms with Crippen LogP contribution in [0.3, 0.4) is 0 Å². The van der Waals surface area contributed by atoms with E-state index in [2.05, 4.69) is 30.0 Å². The lowest BCUT2D eigenvalue weighted by molar-refractivity contribution is -0.125. The second-order valence-corrected chi connectivity index (χ2v) is 5.85. The van der Waals surface area contributed by atoms with Crippen LogP contribution in [0.1, 0.15) is 33.1 Å². The molecule has 1 atom stereocenters. The minimum Gasteiger partial charge on any atom is -0.351 e. The van der Waals surface area contributed by atoms with Crippen LogP contribution < -0.4 is 0 Å². The van der Waals surface area contributed by atoms with E-state index >= 15 is 0 Å². The van der Waals surface area contributed by atoms with Crippen molar-refractivity contribution in [2.45, 2.75) is 39.5 Å². The van der Waals surface area contributed by atoms with Crippen molar-refractivity contribution < 1.29 is 4.74 Å². The van der Waals surface area contributed by atoms with Crippen LogP contribution in [0, 0.1) is 0 Å². The summed E-state index contributed by atoms with van der Waals surface area (Å²) in [4.78, 5) is 0. The number of unbranched alkanes of at least 4 members (excludes halogenated alkanes) is 1. The summed E-state index contributed by atoms with van der Waals surface area (Å²) < 4.78 is 10.7. The summed E-state index contributed by atoms with van der Waals surface area (Å²) in [6.07, 6.45) is 3.97. The molecule has 0 spiro atoms. The lowest BCUT2D eigenvalue weighted by Crippen LogP contribution is -2.66. The van der Waals surface area contributed by atoms with Crippen molar-refractivity contribution in [1.29, 1.82) is 0 Å². The molecule has 1 unspecified atom stereocenters. The van der Waals surface area contributed by atoms with Crippen molar-refractivity contribution in [3.05, 3.63) is 0 Å². The van der Waals surface area contributed by atoms with E-state index in [1.54, 1.807) is 0 Å². The summed E-state index contributed by atoms with van der Waals surface area (Å²) in [5, 5.41) is 0. The number of hydrogen-bond donors (Lipinski definition) is 0. The minimum atomic E-state index is -0.108. The molecule has 78 valence electrons. The molecule has 0 N–H and O–H groups in total. The largest absolute Gasteiger partial charge is 0.351 e. The van der Waals surface area contributed by atoms with Gasteiger partial charge in [-0.3, -0.25) is 9.13 Å². The first-order valence-corrected chi connectivity index (χ1v) is 6.62. The molecule has 0 aromatic carbocycles. The fourth-order valence-corrected chi connectivity index (χ4v) is 3.37. The molecule has 1 heterocycles. The number of hydrogen-bond acceptors (Lipinski definition) is 3. The molecule has 13 heavy (non-hydrogen) atoms. The normalized spacial score (nSPS) is 26.5. The van der Waals surface area contributed by atoms with E-state index in [-0.39, 0.29) is 9.84 Å². The van der Waals surface area contributed by atoms with Gasteiger partial charge in [-0.25, -0.2) is 0 Å². The summed E-state index contributed by atoms with van der Waals surface area (Å²) >= 11 is 0. The van der Waals surface area contributed by atoms with Crippen LogP contribution in [0.5, 0.6) is 0 Å². The van der Waals surface area contributed by atoms with Gasteiger partial charge in [0, 0.05) is 0 Å². The van der Waals surface area contributed by atoms with Crippen LogP contribution >= 0.6 is 0 Å². The highest BCUT2D eigenvalue weighted by atomic mass is 28.2. The molecule has 1 aliphatic heterocycles. The fourth-order valence-electron chi connectivity index (χ4n) is 1.64. The quantitative estimate of drug-likeness (QED) is 0.467. The summed E-state index contributed by atoms with van der Waals surface area (Å²) in [7, 11) is 2.07. The highest BCUT2D eigenvalue weighted by Crippen LogP contribution is 2.15. The van der Waals surface area contributed by atoms with E-state index in [4.69, 9.17) is 4.74 Å². The molecule has 0 aromatic heterocycles. The monoisotopic (exact) mass is 202 g/mol. The molecular weight excluding hydrogens is 180 g/mol. The van der Waals surface area contributed by atoms with Crippen molar-refractivity contribution in [2.24, 2.45) is 0 Å². The topological polar surface area (TPSA) is 15.7 Å². The van der Waals surface area contributed by atoms with Crippen LogP contribution in [0.2, 0.25) is 0 Å². The van der Waals surface area contributed by atoms with E-state index in [0.29, 0.717) is 6.35 Å². The second kappa shape index (κ2) is 5.75. The van der Waals surface area contributed by atoms with E-state index < -0.39 is 0 Å². The Hall–Kier alpha value is 0.0969. The van der Waals surface area contributed by atoms with Gasteiger partial charge in [-0.2, -0.15) is 0 Å². The van der Waals surface area contributed by atoms with Gasteiger partial charge < -0.3 is 4.74 Å². The summed E-state index contributed by atoms with van der Waals surface area (Å²) in [5.74, 6) is 0. The molecule has 1 fully saturated rings. The van der Waals surface area contributed by atoms with Crippen LogP contribution in [0.25, 0.3) is 0 Å². The third-order valence-electron chi connectivity index (χ3n) is 2.37. The Bertz CT molecular complexity index is 144. The maximum absolute atomic E-state index is 5.78. The van der Waals surface area contributed by atoms with Gasteiger partial charge in [-0.15, -0.1) is 0 Å². The predicted octanol–water partition coefficient (Wildman–Crippen LogP) is 0.743. The molecule has 0 bridgehead atoms. The second-order valence-electron chi connectivity index (χ2n) is 3.76. The Morgan fingerprint density at radius 3 is 2.62 bits per heavy atom. The van der Waals surface area contributed by atoms with Gasteiger partial charge >= 0.3 is 0 Å². The van der Waals surface area contributed by atoms with Gasteiger partial charge in [0.05, 0.1) is 6.61 Å². The molecule has 1 aliphatic rings. The van der Waals surface area contributed by atoms with E-state index in [1.165, 1.54) is 25.8 Å². The highest BCUT2D eigenvalue weighted by Gasteiger charge is 2.33. The molecule has 0 aliphatic carbocycles. The number of ether oxygens (including phenoxy) is 1. The van der Waals surface area contributed by atoms with Crippen LogP contribution in [-0.2, 0) is 4.74 Å². The molecular formula is C9H22N2OSi. The zero-order chi connectivity index (χ0) is 9.68. The zero-order valence-electron chi connectivity index (χ0n) is 9.12. The Morgan fingerprint density at radius 1 is 1.31 bits per heavy atom. The van der Waals surface area contributed by atoms with E-state index in [0.717, 1.165) is 6.61 Å². The maximum Gasteiger partial charge on any atom is 0.179 e. The van der Waals surface area contributed by atoms with Crippen LogP contribution in [-0.4, -0.2) is 45.5 Å². The standard InChI is InChI=1S/C9H22N2OSi/c1-4-6-8-12-9-10(3)13-11(9)7-5-2/h9H,4-8,13H2,1-3H3. The smallest absolute Gasteiger partial charge is 0.179 e. The lowest BCUT2D eigenvalue weighted by Gasteiger charge is -2.48. The molecule has 0 aromatic rings. The van der Waals surface area contributed by atoms with Crippen molar-refractivity contribution in [1.82, 2.24) is 9.13 Å². The van der Waals surface area contributed by atoms with Crippen LogP contribution in [0.4, 0.5) is 0 Å². The predicted molar refractivity (Wildman–Crippen MR) is 58.0 cm³/mol. The Kier molecular flexibility index (Phi) is 4.94. The maximum atomic E-state index is 5.78. The minimum absolute atomic E-state index is 0.108. The van der Waals surface area contributed by atoms with Crippen molar-refractivity contribution >= 4 is 9.84 Å². The molecule has 0 saturated carbocycles. The molecule has 3 nitrogen and oxygen atoms in total. The van der Waals surface area contributed by atoms with Gasteiger partial charge in [0.25, 0.3) is 0 Å². The molecule has 0 amide bonds. The zero-order valence-corrected chi connectivity index (χ0v) is 10.5. The van der Waals surface area contributed by atoms with Crippen molar-refractivity contribution in [2.75, 3.05) is 20.2 Å².